The highest BCUT2D eigenvalue weighted by Gasteiger charge is 2.13. The van der Waals surface area contributed by atoms with Crippen LogP contribution in [-0.2, 0) is 10.0 Å². The van der Waals surface area contributed by atoms with E-state index in [0.29, 0.717) is 32.0 Å². The van der Waals surface area contributed by atoms with Crippen molar-refractivity contribution in [2.24, 2.45) is 4.99 Å². The normalized spacial score (nSPS) is 12.0. The van der Waals surface area contributed by atoms with E-state index in [9.17, 15) is 12.8 Å². The van der Waals surface area contributed by atoms with Gasteiger partial charge in [-0.05, 0) is 42.9 Å². The molecule has 0 amide bonds. The Bertz CT molecular complexity index is 657. The highest BCUT2D eigenvalue weighted by Crippen LogP contribution is 2.18. The number of hydrogen-bond donors (Lipinski definition) is 2. The molecule has 10 heteroatoms. The standard InChI is InChI=1S/C17H29FN4O2S2.HI/c1-4-22(26(3,23)24)13-5-11-20-17(19-2)21-12-6-14-25-16-9-7-15(18)8-10-16;/h7-10H,4-6,11-14H2,1-3H3,(H2,19,20,21);1H. The van der Waals surface area contributed by atoms with Gasteiger partial charge in [-0.25, -0.2) is 17.1 Å². The van der Waals surface area contributed by atoms with Gasteiger partial charge in [-0.1, -0.05) is 6.92 Å². The molecule has 0 unspecified atom stereocenters. The fourth-order valence-electron chi connectivity index (χ4n) is 2.24. The minimum Gasteiger partial charge on any atom is -0.356 e. The molecule has 0 bridgehead atoms. The molecule has 0 spiro atoms. The molecule has 1 aromatic rings. The van der Waals surface area contributed by atoms with Crippen LogP contribution in [0, 0.1) is 5.82 Å². The Balaban J connectivity index is 0.00000676. The maximum atomic E-state index is 12.8. The average Bonchev–Trinajstić information content (AvgIpc) is 2.60. The number of benzene rings is 1. The van der Waals surface area contributed by atoms with Gasteiger partial charge >= 0.3 is 0 Å². The second-order valence-electron chi connectivity index (χ2n) is 5.69. The van der Waals surface area contributed by atoms with E-state index in [4.69, 9.17) is 0 Å². The number of aliphatic imine (C=N–C) groups is 1. The van der Waals surface area contributed by atoms with Gasteiger partial charge in [0, 0.05) is 38.1 Å². The Hall–Kier alpha value is -0.590. The lowest BCUT2D eigenvalue weighted by molar-refractivity contribution is 0.424. The molecular weight excluding hydrogens is 502 g/mol. The van der Waals surface area contributed by atoms with Crippen molar-refractivity contribution < 1.29 is 12.8 Å². The van der Waals surface area contributed by atoms with Crippen molar-refractivity contribution in [2.75, 3.05) is 45.2 Å². The van der Waals surface area contributed by atoms with E-state index in [1.165, 1.54) is 22.7 Å². The highest BCUT2D eigenvalue weighted by atomic mass is 127. The summed E-state index contributed by atoms with van der Waals surface area (Å²) in [6.45, 7) is 4.23. The third kappa shape index (κ3) is 11.8. The van der Waals surface area contributed by atoms with Crippen LogP contribution in [0.25, 0.3) is 0 Å². The Morgan fingerprint density at radius 1 is 1.19 bits per heavy atom. The van der Waals surface area contributed by atoms with E-state index in [0.717, 1.165) is 23.6 Å². The summed E-state index contributed by atoms with van der Waals surface area (Å²) in [5, 5.41) is 6.41. The lowest BCUT2D eigenvalue weighted by Crippen LogP contribution is -2.39. The first-order chi connectivity index (χ1) is 12.4. The molecule has 0 aromatic heterocycles. The molecule has 0 heterocycles. The summed E-state index contributed by atoms with van der Waals surface area (Å²) in [5.74, 6) is 1.42. The van der Waals surface area contributed by atoms with Crippen molar-refractivity contribution >= 4 is 51.7 Å². The average molecular weight is 532 g/mol. The Labute approximate surface area is 183 Å². The zero-order valence-corrected chi connectivity index (χ0v) is 20.0. The molecule has 1 rings (SSSR count). The zero-order chi connectivity index (χ0) is 19.4. The summed E-state index contributed by atoms with van der Waals surface area (Å²) in [6, 6.07) is 6.50. The number of thioether (sulfide) groups is 1. The SMILES string of the molecule is CCN(CCCNC(=NC)NCCCSc1ccc(F)cc1)S(C)(=O)=O.I. The van der Waals surface area contributed by atoms with Crippen LogP contribution < -0.4 is 10.6 Å². The zero-order valence-electron chi connectivity index (χ0n) is 16.1. The number of nitrogens with zero attached hydrogens (tertiary/aromatic N) is 2. The van der Waals surface area contributed by atoms with Crippen molar-refractivity contribution in [1.82, 2.24) is 14.9 Å². The van der Waals surface area contributed by atoms with Gasteiger partial charge in [0.05, 0.1) is 6.26 Å². The molecule has 0 radical (unpaired) electrons. The second-order valence-corrected chi connectivity index (χ2v) is 8.84. The summed E-state index contributed by atoms with van der Waals surface area (Å²) in [6.07, 6.45) is 2.89. The summed E-state index contributed by atoms with van der Waals surface area (Å²) < 4.78 is 37.3. The van der Waals surface area contributed by atoms with Gasteiger partial charge in [0.15, 0.2) is 5.96 Å². The number of rotatable bonds is 11. The van der Waals surface area contributed by atoms with Crippen molar-refractivity contribution in [1.29, 1.82) is 0 Å². The maximum absolute atomic E-state index is 12.8. The van der Waals surface area contributed by atoms with Crippen LogP contribution in [0.15, 0.2) is 34.2 Å². The van der Waals surface area contributed by atoms with E-state index < -0.39 is 10.0 Å². The van der Waals surface area contributed by atoms with E-state index >= 15 is 0 Å². The maximum Gasteiger partial charge on any atom is 0.211 e. The minimum atomic E-state index is -3.13. The van der Waals surface area contributed by atoms with Gasteiger partial charge in [0.25, 0.3) is 0 Å². The summed E-state index contributed by atoms with van der Waals surface area (Å²) in [7, 11) is -1.42. The fourth-order valence-corrected chi connectivity index (χ4v) is 4.02. The number of nitrogens with one attached hydrogen (secondary N) is 2. The second kappa shape index (κ2) is 14.4. The van der Waals surface area contributed by atoms with E-state index in [1.807, 2.05) is 6.92 Å². The first kappa shape index (κ1) is 26.4. The van der Waals surface area contributed by atoms with Gasteiger partial charge in [-0.15, -0.1) is 35.7 Å². The minimum absolute atomic E-state index is 0. The van der Waals surface area contributed by atoms with E-state index in [2.05, 4.69) is 15.6 Å². The van der Waals surface area contributed by atoms with Gasteiger partial charge in [0.1, 0.15) is 5.82 Å². The van der Waals surface area contributed by atoms with Crippen LogP contribution in [-0.4, -0.2) is 63.9 Å². The topological polar surface area (TPSA) is 73.8 Å². The third-order valence-electron chi connectivity index (χ3n) is 3.62. The lowest BCUT2D eigenvalue weighted by atomic mass is 10.4. The molecular formula is C17H30FIN4O2S2. The number of hydrogen-bond acceptors (Lipinski definition) is 4. The van der Waals surface area contributed by atoms with Crippen LogP contribution in [0.4, 0.5) is 4.39 Å². The van der Waals surface area contributed by atoms with Gasteiger partial charge in [0.2, 0.25) is 10.0 Å². The predicted molar refractivity (Wildman–Crippen MR) is 123 cm³/mol. The first-order valence-electron chi connectivity index (χ1n) is 8.64. The molecule has 0 atom stereocenters. The van der Waals surface area contributed by atoms with Crippen LogP contribution in [0.5, 0.6) is 0 Å². The molecule has 2 N–H and O–H groups in total. The summed E-state index contributed by atoms with van der Waals surface area (Å²) in [4.78, 5) is 5.21. The van der Waals surface area contributed by atoms with E-state index in [1.54, 1.807) is 30.9 Å². The lowest BCUT2D eigenvalue weighted by Gasteiger charge is -2.18. The molecule has 156 valence electrons. The molecule has 6 nitrogen and oxygen atoms in total. The predicted octanol–water partition coefficient (Wildman–Crippen LogP) is 2.76. The molecule has 0 aliphatic rings. The van der Waals surface area contributed by atoms with Crippen LogP contribution in [0.3, 0.4) is 0 Å². The molecule has 0 fully saturated rings. The highest BCUT2D eigenvalue weighted by molar-refractivity contribution is 14.0. The van der Waals surface area contributed by atoms with Crippen LogP contribution in [0.2, 0.25) is 0 Å². The van der Waals surface area contributed by atoms with Gasteiger partial charge in [-0.3, -0.25) is 4.99 Å². The summed E-state index contributed by atoms with van der Waals surface area (Å²) in [5.41, 5.74) is 0. The first-order valence-corrected chi connectivity index (χ1v) is 11.5. The third-order valence-corrected chi connectivity index (χ3v) is 6.10. The van der Waals surface area contributed by atoms with Gasteiger partial charge < -0.3 is 10.6 Å². The molecule has 0 saturated carbocycles. The molecule has 0 saturated heterocycles. The Morgan fingerprint density at radius 2 is 1.78 bits per heavy atom. The Morgan fingerprint density at radius 3 is 2.30 bits per heavy atom. The largest absolute Gasteiger partial charge is 0.356 e. The molecule has 0 aliphatic carbocycles. The van der Waals surface area contributed by atoms with Crippen LogP contribution >= 0.6 is 35.7 Å². The molecule has 27 heavy (non-hydrogen) atoms. The smallest absolute Gasteiger partial charge is 0.211 e. The quantitative estimate of drug-likeness (QED) is 0.151. The molecule has 1 aromatic carbocycles. The number of guanidine groups is 1. The monoisotopic (exact) mass is 532 g/mol. The van der Waals surface area contributed by atoms with Crippen molar-refractivity contribution in [3.63, 3.8) is 0 Å². The van der Waals surface area contributed by atoms with Crippen molar-refractivity contribution in [3.05, 3.63) is 30.1 Å². The molecule has 0 aliphatic heterocycles. The number of halogens is 2. The fraction of sp³-hybridized carbons (Fsp3) is 0.588. The van der Waals surface area contributed by atoms with Crippen molar-refractivity contribution in [3.8, 4) is 0 Å². The van der Waals surface area contributed by atoms with Crippen molar-refractivity contribution in [2.45, 2.75) is 24.7 Å². The number of sulfonamides is 1. The van der Waals surface area contributed by atoms with Crippen LogP contribution in [0.1, 0.15) is 19.8 Å². The van der Waals surface area contributed by atoms with E-state index in [-0.39, 0.29) is 29.8 Å². The Kier molecular flexibility index (Phi) is 14.1. The van der Waals surface area contributed by atoms with Gasteiger partial charge in [-0.2, -0.15) is 0 Å². The summed E-state index contributed by atoms with van der Waals surface area (Å²) >= 11 is 1.69.